The van der Waals surface area contributed by atoms with Crippen LogP contribution in [0.25, 0.3) is 0 Å². The number of hydrogen-bond donors (Lipinski definition) is 2. The molecule has 5 heteroatoms. The first-order valence-corrected chi connectivity index (χ1v) is 5.13. The predicted octanol–water partition coefficient (Wildman–Crippen LogP) is 2.29. The summed E-state index contributed by atoms with van der Waals surface area (Å²) in [5.74, 6) is -0.527. The Hall–Kier alpha value is -2.30. The number of furan rings is 1. The fourth-order valence-electron chi connectivity index (χ4n) is 1.43. The number of rotatable bonds is 4. The van der Waals surface area contributed by atoms with Gasteiger partial charge in [0.25, 0.3) is 0 Å². The van der Waals surface area contributed by atoms with Gasteiger partial charge in [0, 0.05) is 17.6 Å². The minimum atomic E-state index is -1.06. The number of carboxylic acids is 1. The Kier molecular flexibility index (Phi) is 3.09. The molecule has 0 bridgehead atoms. The molecule has 2 N–H and O–H groups in total. The molecule has 0 aliphatic heterocycles. The number of nitrogens with zero attached hydrogens (tertiary/aromatic N) is 1. The molecule has 0 spiro atoms. The Balaban J connectivity index is 2.00. The molecule has 0 aromatic carbocycles. The summed E-state index contributed by atoms with van der Waals surface area (Å²) in [6.45, 7) is 2.34. The third-order valence-electron chi connectivity index (χ3n) is 2.24. The van der Waals surface area contributed by atoms with E-state index in [0.717, 1.165) is 11.4 Å². The monoisotopic (exact) mass is 232 g/mol. The molecule has 0 aliphatic rings. The average molecular weight is 232 g/mol. The number of anilines is 1. The van der Waals surface area contributed by atoms with E-state index in [4.69, 9.17) is 9.52 Å². The van der Waals surface area contributed by atoms with Crippen molar-refractivity contribution in [2.24, 2.45) is 0 Å². The molecule has 2 rings (SSSR count). The number of carbonyl (C=O) groups is 1. The Morgan fingerprint density at radius 1 is 1.47 bits per heavy atom. The SMILES string of the molecule is Cc1cc(NCc2ccc(C(=O)O)o2)ccn1. The fourth-order valence-corrected chi connectivity index (χ4v) is 1.43. The van der Waals surface area contributed by atoms with E-state index >= 15 is 0 Å². The quantitative estimate of drug-likeness (QED) is 0.845. The minimum Gasteiger partial charge on any atom is -0.475 e. The van der Waals surface area contributed by atoms with E-state index in [2.05, 4.69) is 10.3 Å². The van der Waals surface area contributed by atoms with Gasteiger partial charge in [0.1, 0.15) is 5.76 Å². The van der Waals surface area contributed by atoms with Gasteiger partial charge in [0.05, 0.1) is 6.54 Å². The summed E-state index contributed by atoms with van der Waals surface area (Å²) in [6.07, 6.45) is 1.71. The van der Waals surface area contributed by atoms with Crippen LogP contribution in [0.1, 0.15) is 22.0 Å². The molecule has 2 heterocycles. The first kappa shape index (κ1) is 11.2. The molecule has 17 heavy (non-hydrogen) atoms. The molecule has 88 valence electrons. The van der Waals surface area contributed by atoms with Gasteiger partial charge in [-0.2, -0.15) is 0 Å². The number of aryl methyl sites for hydroxylation is 1. The van der Waals surface area contributed by atoms with Gasteiger partial charge in [0.2, 0.25) is 5.76 Å². The van der Waals surface area contributed by atoms with Crippen LogP contribution >= 0.6 is 0 Å². The average Bonchev–Trinajstić information content (AvgIpc) is 2.75. The summed E-state index contributed by atoms with van der Waals surface area (Å²) in [7, 11) is 0. The molecule has 0 aliphatic carbocycles. The van der Waals surface area contributed by atoms with E-state index in [9.17, 15) is 4.79 Å². The maximum absolute atomic E-state index is 10.6. The molecule has 0 saturated carbocycles. The number of aromatic nitrogens is 1. The lowest BCUT2D eigenvalue weighted by Gasteiger charge is -2.04. The first-order chi connectivity index (χ1) is 8.15. The van der Waals surface area contributed by atoms with Crippen molar-refractivity contribution < 1.29 is 14.3 Å². The highest BCUT2D eigenvalue weighted by molar-refractivity contribution is 5.84. The second-order valence-electron chi connectivity index (χ2n) is 3.61. The molecule has 2 aromatic rings. The van der Waals surface area contributed by atoms with E-state index in [0.29, 0.717) is 12.3 Å². The van der Waals surface area contributed by atoms with Gasteiger partial charge in [-0.1, -0.05) is 0 Å². The van der Waals surface area contributed by atoms with Gasteiger partial charge >= 0.3 is 5.97 Å². The molecule has 0 amide bonds. The summed E-state index contributed by atoms with van der Waals surface area (Å²) >= 11 is 0. The Labute approximate surface area is 98.1 Å². The molecule has 0 atom stereocenters. The van der Waals surface area contributed by atoms with Crippen molar-refractivity contribution in [3.05, 3.63) is 47.7 Å². The van der Waals surface area contributed by atoms with Crippen LogP contribution in [0.2, 0.25) is 0 Å². The van der Waals surface area contributed by atoms with Gasteiger partial charge in [-0.15, -0.1) is 0 Å². The van der Waals surface area contributed by atoms with Crippen LogP contribution in [0.3, 0.4) is 0 Å². The van der Waals surface area contributed by atoms with Crippen molar-refractivity contribution >= 4 is 11.7 Å². The van der Waals surface area contributed by atoms with E-state index in [1.807, 2.05) is 19.1 Å². The van der Waals surface area contributed by atoms with Gasteiger partial charge in [-0.3, -0.25) is 4.98 Å². The normalized spacial score (nSPS) is 10.2. The van der Waals surface area contributed by atoms with Gasteiger partial charge in [0.15, 0.2) is 0 Å². The smallest absolute Gasteiger partial charge is 0.371 e. The van der Waals surface area contributed by atoms with Crippen molar-refractivity contribution in [3.63, 3.8) is 0 Å². The molecule has 0 unspecified atom stereocenters. The maximum Gasteiger partial charge on any atom is 0.371 e. The zero-order valence-electron chi connectivity index (χ0n) is 9.30. The highest BCUT2D eigenvalue weighted by Gasteiger charge is 2.08. The summed E-state index contributed by atoms with van der Waals surface area (Å²) in [6, 6.07) is 6.83. The number of aromatic carboxylic acids is 1. The van der Waals surface area contributed by atoms with Crippen molar-refractivity contribution in [2.45, 2.75) is 13.5 Å². The van der Waals surface area contributed by atoms with Crippen molar-refractivity contribution in [1.29, 1.82) is 0 Å². The Morgan fingerprint density at radius 3 is 2.94 bits per heavy atom. The number of pyridine rings is 1. The molecular formula is C12H12N2O3. The van der Waals surface area contributed by atoms with Crippen LogP contribution in [0.4, 0.5) is 5.69 Å². The lowest BCUT2D eigenvalue weighted by molar-refractivity contribution is 0.0660. The molecule has 5 nitrogen and oxygen atoms in total. The molecule has 2 aromatic heterocycles. The lowest BCUT2D eigenvalue weighted by Crippen LogP contribution is -1.99. The molecule has 0 saturated heterocycles. The van der Waals surface area contributed by atoms with Crippen LogP contribution in [-0.2, 0) is 6.54 Å². The number of carboxylic acid groups (broad SMARTS) is 1. The van der Waals surface area contributed by atoms with Crippen LogP contribution in [0, 0.1) is 6.92 Å². The van der Waals surface area contributed by atoms with E-state index in [-0.39, 0.29) is 5.76 Å². The second-order valence-corrected chi connectivity index (χ2v) is 3.61. The molecular weight excluding hydrogens is 220 g/mol. The maximum atomic E-state index is 10.6. The summed E-state index contributed by atoms with van der Waals surface area (Å²) in [4.78, 5) is 14.7. The van der Waals surface area contributed by atoms with Crippen LogP contribution in [0.5, 0.6) is 0 Å². The van der Waals surface area contributed by atoms with Crippen LogP contribution < -0.4 is 5.32 Å². The topological polar surface area (TPSA) is 75.4 Å². The van der Waals surface area contributed by atoms with Crippen LogP contribution in [0.15, 0.2) is 34.9 Å². The Bertz CT molecular complexity index is 534. The van der Waals surface area contributed by atoms with E-state index in [1.165, 1.54) is 6.07 Å². The summed E-state index contributed by atoms with van der Waals surface area (Å²) in [5.41, 5.74) is 1.84. The fraction of sp³-hybridized carbons (Fsp3) is 0.167. The number of nitrogens with one attached hydrogen (secondary N) is 1. The third kappa shape index (κ3) is 2.84. The second kappa shape index (κ2) is 4.69. The van der Waals surface area contributed by atoms with E-state index < -0.39 is 5.97 Å². The van der Waals surface area contributed by atoms with Crippen molar-refractivity contribution in [2.75, 3.05) is 5.32 Å². The molecule has 0 fully saturated rings. The van der Waals surface area contributed by atoms with Crippen LogP contribution in [-0.4, -0.2) is 16.1 Å². The highest BCUT2D eigenvalue weighted by Crippen LogP contribution is 2.12. The van der Waals surface area contributed by atoms with Crippen molar-refractivity contribution in [1.82, 2.24) is 4.98 Å². The van der Waals surface area contributed by atoms with Crippen molar-refractivity contribution in [3.8, 4) is 0 Å². The van der Waals surface area contributed by atoms with Gasteiger partial charge in [-0.25, -0.2) is 4.79 Å². The Morgan fingerprint density at radius 2 is 2.29 bits per heavy atom. The standard InChI is InChI=1S/C12H12N2O3/c1-8-6-9(4-5-13-8)14-7-10-2-3-11(17-10)12(15)16/h2-6H,7H2,1H3,(H,13,14)(H,15,16). The number of hydrogen-bond acceptors (Lipinski definition) is 4. The summed E-state index contributed by atoms with van der Waals surface area (Å²) < 4.78 is 5.12. The minimum absolute atomic E-state index is 0.0484. The highest BCUT2D eigenvalue weighted by atomic mass is 16.4. The zero-order chi connectivity index (χ0) is 12.3. The van der Waals surface area contributed by atoms with Gasteiger partial charge in [-0.05, 0) is 31.2 Å². The lowest BCUT2D eigenvalue weighted by atomic mass is 10.3. The predicted molar refractivity (Wildman–Crippen MR) is 62.0 cm³/mol. The zero-order valence-corrected chi connectivity index (χ0v) is 9.30. The largest absolute Gasteiger partial charge is 0.475 e. The third-order valence-corrected chi connectivity index (χ3v) is 2.24. The summed E-state index contributed by atoms with van der Waals surface area (Å²) in [5, 5.41) is 11.8. The van der Waals surface area contributed by atoms with Gasteiger partial charge < -0.3 is 14.8 Å². The first-order valence-electron chi connectivity index (χ1n) is 5.13. The van der Waals surface area contributed by atoms with E-state index in [1.54, 1.807) is 12.3 Å². The molecule has 0 radical (unpaired) electrons.